The number of methoxy groups -OCH3 is 2. The lowest BCUT2D eigenvalue weighted by molar-refractivity contribution is 0.394. The molecule has 0 saturated heterocycles. The molecule has 1 aromatic carbocycles. The third kappa shape index (κ3) is 3.44. The highest BCUT2D eigenvalue weighted by Gasteiger charge is 2.00. The van der Waals surface area contributed by atoms with E-state index < -0.39 is 0 Å². The Balaban J connectivity index is 2.19. The lowest BCUT2D eigenvalue weighted by Gasteiger charge is -2.06. The topological polar surface area (TPSA) is 18.5 Å². The van der Waals surface area contributed by atoms with Crippen LogP contribution in [-0.2, 0) is 0 Å². The first kappa shape index (κ1) is 12.8. The van der Waals surface area contributed by atoms with Crippen molar-refractivity contribution in [3.63, 3.8) is 0 Å². The summed E-state index contributed by atoms with van der Waals surface area (Å²) in [4.78, 5) is 0. The minimum Gasteiger partial charge on any atom is -0.497 e. The van der Waals surface area contributed by atoms with Gasteiger partial charge in [-0.1, -0.05) is 24.3 Å². The van der Waals surface area contributed by atoms with Gasteiger partial charge in [-0.25, -0.2) is 0 Å². The molecule has 2 rings (SSSR count). The minimum absolute atomic E-state index is 0.806. The van der Waals surface area contributed by atoms with Gasteiger partial charge in [-0.05, 0) is 28.7 Å². The smallest absolute Gasteiger partial charge is 0.123 e. The standard InChI is InChI=1S/C15H16O2S/c1-16-14-8-13(9-15(10-14)17-2)6-5-12-4-3-7-18-11-12/h3-10H,11H2,1-2H3/b6-5+. The van der Waals surface area contributed by atoms with E-state index in [1.54, 1.807) is 26.0 Å². The predicted octanol–water partition coefficient (Wildman–Crippen LogP) is 3.90. The maximum Gasteiger partial charge on any atom is 0.123 e. The van der Waals surface area contributed by atoms with E-state index in [2.05, 4.69) is 29.7 Å². The van der Waals surface area contributed by atoms with Crippen molar-refractivity contribution in [1.82, 2.24) is 0 Å². The fourth-order valence-electron chi connectivity index (χ4n) is 1.64. The van der Waals surface area contributed by atoms with E-state index in [9.17, 15) is 0 Å². The summed E-state index contributed by atoms with van der Waals surface area (Å²) in [5, 5.41) is 2.10. The lowest BCUT2D eigenvalue weighted by atomic mass is 10.1. The summed E-state index contributed by atoms with van der Waals surface area (Å²) >= 11 is 1.80. The van der Waals surface area contributed by atoms with Crippen LogP contribution in [0.4, 0.5) is 0 Å². The van der Waals surface area contributed by atoms with Crippen molar-refractivity contribution >= 4 is 17.8 Å². The third-order valence-corrected chi connectivity index (χ3v) is 3.45. The van der Waals surface area contributed by atoms with Crippen LogP contribution in [0.3, 0.4) is 0 Å². The maximum atomic E-state index is 5.25. The summed E-state index contributed by atoms with van der Waals surface area (Å²) in [5.74, 6) is 2.63. The molecule has 0 spiro atoms. The average molecular weight is 260 g/mol. The molecule has 94 valence electrons. The fourth-order valence-corrected chi connectivity index (χ4v) is 2.31. The van der Waals surface area contributed by atoms with E-state index in [-0.39, 0.29) is 0 Å². The van der Waals surface area contributed by atoms with Crippen LogP contribution in [-0.4, -0.2) is 20.0 Å². The first-order chi connectivity index (χ1) is 8.81. The van der Waals surface area contributed by atoms with Crippen molar-refractivity contribution < 1.29 is 9.47 Å². The molecule has 1 aliphatic rings. The molecule has 0 amide bonds. The molecule has 0 bridgehead atoms. The Morgan fingerprint density at radius 2 is 1.78 bits per heavy atom. The molecular formula is C15H16O2S. The normalized spacial score (nSPS) is 14.7. The summed E-state index contributed by atoms with van der Waals surface area (Å²) in [7, 11) is 3.32. The summed E-state index contributed by atoms with van der Waals surface area (Å²) in [6.45, 7) is 0. The zero-order valence-electron chi connectivity index (χ0n) is 10.6. The van der Waals surface area contributed by atoms with Gasteiger partial charge in [-0.3, -0.25) is 0 Å². The van der Waals surface area contributed by atoms with Gasteiger partial charge in [0.15, 0.2) is 0 Å². The molecular weight excluding hydrogens is 244 g/mol. The van der Waals surface area contributed by atoms with E-state index in [4.69, 9.17) is 9.47 Å². The van der Waals surface area contributed by atoms with Gasteiger partial charge in [0.1, 0.15) is 11.5 Å². The van der Waals surface area contributed by atoms with E-state index >= 15 is 0 Å². The van der Waals surface area contributed by atoms with Gasteiger partial charge in [0.05, 0.1) is 14.2 Å². The first-order valence-corrected chi connectivity index (χ1v) is 6.75. The van der Waals surface area contributed by atoms with Gasteiger partial charge in [0.25, 0.3) is 0 Å². The Labute approximate surface area is 112 Å². The largest absolute Gasteiger partial charge is 0.497 e. The van der Waals surface area contributed by atoms with Crippen LogP contribution in [0, 0.1) is 0 Å². The SMILES string of the molecule is COc1cc(/C=C/C2=CC=CSC2)cc(OC)c1. The highest BCUT2D eigenvalue weighted by molar-refractivity contribution is 8.02. The monoisotopic (exact) mass is 260 g/mol. The third-order valence-electron chi connectivity index (χ3n) is 2.60. The average Bonchev–Trinajstić information content (AvgIpc) is 2.45. The molecule has 0 saturated carbocycles. The molecule has 1 aromatic rings. The quantitative estimate of drug-likeness (QED) is 0.818. The Morgan fingerprint density at radius 3 is 2.33 bits per heavy atom. The highest BCUT2D eigenvalue weighted by Crippen LogP contribution is 2.24. The number of allylic oxidation sites excluding steroid dienone is 3. The van der Waals surface area contributed by atoms with Crippen LogP contribution in [0.25, 0.3) is 6.08 Å². The van der Waals surface area contributed by atoms with Gasteiger partial charge >= 0.3 is 0 Å². The number of benzene rings is 1. The molecule has 0 N–H and O–H groups in total. The van der Waals surface area contributed by atoms with Crippen molar-refractivity contribution in [3.05, 3.63) is 53.0 Å². The Bertz CT molecular complexity index is 479. The molecule has 1 aliphatic heterocycles. The van der Waals surface area contributed by atoms with Crippen molar-refractivity contribution in [2.45, 2.75) is 0 Å². The van der Waals surface area contributed by atoms with Crippen molar-refractivity contribution in [2.24, 2.45) is 0 Å². The predicted molar refractivity (Wildman–Crippen MR) is 78.3 cm³/mol. The first-order valence-electron chi connectivity index (χ1n) is 5.70. The molecule has 0 unspecified atom stereocenters. The molecule has 0 atom stereocenters. The summed E-state index contributed by atoms with van der Waals surface area (Å²) in [5.41, 5.74) is 2.39. The lowest BCUT2D eigenvalue weighted by Crippen LogP contribution is -1.89. The molecule has 0 fully saturated rings. The number of thioether (sulfide) groups is 1. The second kappa shape index (κ2) is 6.36. The van der Waals surface area contributed by atoms with Gasteiger partial charge in [-0.15, -0.1) is 11.8 Å². The van der Waals surface area contributed by atoms with Gasteiger partial charge < -0.3 is 9.47 Å². The Hall–Kier alpha value is -1.61. The highest BCUT2D eigenvalue weighted by atomic mass is 32.2. The molecule has 1 heterocycles. The maximum absolute atomic E-state index is 5.25. The minimum atomic E-state index is 0.806. The number of ether oxygens (including phenoxy) is 2. The molecule has 3 heteroatoms. The van der Waals surface area contributed by atoms with Crippen LogP contribution >= 0.6 is 11.8 Å². The molecule has 2 nitrogen and oxygen atoms in total. The Morgan fingerprint density at radius 1 is 1.06 bits per heavy atom. The van der Waals surface area contributed by atoms with E-state index in [1.165, 1.54) is 5.57 Å². The summed E-state index contributed by atoms with van der Waals surface area (Å²) in [6.07, 6.45) is 8.41. The zero-order chi connectivity index (χ0) is 12.8. The summed E-state index contributed by atoms with van der Waals surface area (Å²) < 4.78 is 10.5. The van der Waals surface area contributed by atoms with Gasteiger partial charge in [0.2, 0.25) is 0 Å². The van der Waals surface area contributed by atoms with Crippen molar-refractivity contribution in [2.75, 3.05) is 20.0 Å². The summed E-state index contributed by atoms with van der Waals surface area (Å²) in [6, 6.07) is 5.85. The van der Waals surface area contributed by atoms with Gasteiger partial charge in [-0.2, -0.15) is 0 Å². The van der Waals surface area contributed by atoms with Crippen LogP contribution in [0.1, 0.15) is 5.56 Å². The van der Waals surface area contributed by atoms with Gasteiger partial charge in [0, 0.05) is 11.8 Å². The Kier molecular flexibility index (Phi) is 4.53. The number of hydrogen-bond acceptors (Lipinski definition) is 3. The van der Waals surface area contributed by atoms with E-state index in [0.717, 1.165) is 22.8 Å². The van der Waals surface area contributed by atoms with Crippen molar-refractivity contribution in [1.29, 1.82) is 0 Å². The fraction of sp³-hybridized carbons (Fsp3) is 0.200. The molecule has 0 aliphatic carbocycles. The van der Waals surface area contributed by atoms with Crippen LogP contribution in [0.5, 0.6) is 11.5 Å². The number of rotatable bonds is 4. The zero-order valence-corrected chi connectivity index (χ0v) is 11.4. The van der Waals surface area contributed by atoms with E-state index in [0.29, 0.717) is 0 Å². The van der Waals surface area contributed by atoms with E-state index in [1.807, 2.05) is 18.2 Å². The second-order valence-corrected chi connectivity index (χ2v) is 4.75. The second-order valence-electron chi connectivity index (χ2n) is 3.86. The van der Waals surface area contributed by atoms with Crippen LogP contribution in [0.15, 0.2) is 47.4 Å². The molecule has 18 heavy (non-hydrogen) atoms. The number of hydrogen-bond donors (Lipinski definition) is 0. The van der Waals surface area contributed by atoms with Crippen LogP contribution < -0.4 is 9.47 Å². The molecule has 0 aromatic heterocycles. The van der Waals surface area contributed by atoms with Crippen LogP contribution in [0.2, 0.25) is 0 Å². The van der Waals surface area contributed by atoms with Crippen molar-refractivity contribution in [3.8, 4) is 11.5 Å². The molecule has 0 radical (unpaired) electrons.